The van der Waals surface area contributed by atoms with Crippen LogP contribution < -0.4 is 4.74 Å². The van der Waals surface area contributed by atoms with Crippen molar-refractivity contribution in [1.29, 1.82) is 0 Å². The second-order valence-corrected chi connectivity index (χ2v) is 4.97. The maximum Gasteiger partial charge on any atom is 0.416 e. The third kappa shape index (κ3) is 3.74. The van der Waals surface area contributed by atoms with E-state index in [1.807, 2.05) is 0 Å². The summed E-state index contributed by atoms with van der Waals surface area (Å²) in [7, 11) is 0. The fourth-order valence-electron chi connectivity index (χ4n) is 2.01. The van der Waals surface area contributed by atoms with Crippen LogP contribution in [0.3, 0.4) is 0 Å². The highest BCUT2D eigenvalue weighted by Crippen LogP contribution is 2.34. The SMILES string of the molecule is O=C(C=C(O)c1ncn[nH]1)c1occc1Oc1cccc(C(F)(F)F)c1. The summed E-state index contributed by atoms with van der Waals surface area (Å²) in [6, 6.07) is 5.44. The number of carbonyl (C=O) groups excluding carboxylic acids is 1. The summed E-state index contributed by atoms with van der Waals surface area (Å²) in [5, 5.41) is 15.7. The Bertz CT molecular complexity index is 946. The molecule has 7 nitrogen and oxygen atoms in total. The number of allylic oxidation sites excluding steroid dienone is 1. The van der Waals surface area contributed by atoms with Gasteiger partial charge in [0.05, 0.1) is 11.8 Å². The zero-order valence-electron chi connectivity index (χ0n) is 12.8. The van der Waals surface area contributed by atoms with E-state index < -0.39 is 23.3 Å². The van der Waals surface area contributed by atoms with Crippen molar-refractivity contribution >= 4 is 11.5 Å². The summed E-state index contributed by atoms with van der Waals surface area (Å²) in [5.74, 6) is -1.83. The maximum absolute atomic E-state index is 12.8. The van der Waals surface area contributed by atoms with Crippen LogP contribution in [-0.4, -0.2) is 26.1 Å². The number of ketones is 1. The molecule has 0 aliphatic heterocycles. The number of furan rings is 1. The predicted octanol–water partition coefficient (Wildman–Crippen LogP) is 3.99. The Morgan fingerprint density at radius 2 is 2.12 bits per heavy atom. The van der Waals surface area contributed by atoms with E-state index >= 15 is 0 Å². The highest BCUT2D eigenvalue weighted by molar-refractivity contribution is 6.07. The first-order valence-electron chi connectivity index (χ1n) is 7.08. The second kappa shape index (κ2) is 6.75. The molecule has 0 amide bonds. The molecule has 0 aliphatic rings. The van der Waals surface area contributed by atoms with E-state index in [0.717, 1.165) is 30.8 Å². The van der Waals surface area contributed by atoms with Gasteiger partial charge in [-0.1, -0.05) is 6.07 Å². The van der Waals surface area contributed by atoms with Crippen molar-refractivity contribution < 1.29 is 32.2 Å². The van der Waals surface area contributed by atoms with Crippen molar-refractivity contribution in [1.82, 2.24) is 15.2 Å². The molecule has 1 aromatic carbocycles. The number of alkyl halides is 3. The number of carbonyl (C=O) groups is 1. The molecule has 0 bridgehead atoms. The van der Waals surface area contributed by atoms with Gasteiger partial charge in [-0.15, -0.1) is 0 Å². The van der Waals surface area contributed by atoms with Gasteiger partial charge in [-0.3, -0.25) is 9.89 Å². The first-order valence-corrected chi connectivity index (χ1v) is 7.08. The lowest BCUT2D eigenvalue weighted by Gasteiger charge is -2.09. The minimum Gasteiger partial charge on any atom is -0.504 e. The number of nitrogens with zero attached hydrogens (tertiary/aromatic N) is 2. The first kappa shape index (κ1) is 17.3. The van der Waals surface area contributed by atoms with Gasteiger partial charge in [0, 0.05) is 12.1 Å². The molecule has 0 aliphatic carbocycles. The fraction of sp³-hybridized carbons (Fsp3) is 0.0625. The molecule has 0 atom stereocenters. The summed E-state index contributed by atoms with van der Waals surface area (Å²) < 4.78 is 48.6. The van der Waals surface area contributed by atoms with Crippen molar-refractivity contribution in [3.8, 4) is 11.5 Å². The number of halogens is 3. The summed E-state index contributed by atoms with van der Waals surface area (Å²) in [4.78, 5) is 15.9. The van der Waals surface area contributed by atoms with Gasteiger partial charge < -0.3 is 14.3 Å². The minimum absolute atomic E-state index is 0.0368. The number of H-pyrrole nitrogens is 1. The number of hydrogen-bond acceptors (Lipinski definition) is 6. The van der Waals surface area contributed by atoms with Crippen LogP contribution in [0.5, 0.6) is 11.5 Å². The molecule has 3 rings (SSSR count). The zero-order valence-corrected chi connectivity index (χ0v) is 12.8. The van der Waals surface area contributed by atoms with E-state index in [4.69, 9.17) is 9.15 Å². The maximum atomic E-state index is 12.8. The van der Waals surface area contributed by atoms with Crippen LogP contribution in [0.4, 0.5) is 13.2 Å². The van der Waals surface area contributed by atoms with Gasteiger partial charge in [-0.05, 0) is 18.2 Å². The standard InChI is InChI=1S/C16H10F3N3O4/c17-16(18,19)9-2-1-3-10(6-9)26-13-4-5-25-14(13)11(23)7-12(24)15-20-8-21-22-15/h1-8,24H,(H,20,21,22). The molecule has 2 heterocycles. The number of benzene rings is 1. The number of rotatable bonds is 5. The van der Waals surface area contributed by atoms with Crippen molar-refractivity contribution in [3.05, 3.63) is 66.1 Å². The minimum atomic E-state index is -4.53. The van der Waals surface area contributed by atoms with Crippen LogP contribution in [0.15, 0.2) is 53.4 Å². The summed E-state index contributed by atoms with van der Waals surface area (Å²) in [5.41, 5.74) is -0.894. The smallest absolute Gasteiger partial charge is 0.416 e. The van der Waals surface area contributed by atoms with E-state index in [-0.39, 0.29) is 23.1 Å². The van der Waals surface area contributed by atoms with Crippen LogP contribution in [0.25, 0.3) is 5.76 Å². The van der Waals surface area contributed by atoms with Crippen LogP contribution in [0.1, 0.15) is 21.9 Å². The van der Waals surface area contributed by atoms with Crippen molar-refractivity contribution in [2.24, 2.45) is 0 Å². The number of nitrogens with one attached hydrogen (secondary N) is 1. The molecular formula is C16H10F3N3O4. The molecule has 3 aromatic rings. The zero-order chi connectivity index (χ0) is 18.7. The lowest BCUT2D eigenvalue weighted by molar-refractivity contribution is -0.137. The second-order valence-electron chi connectivity index (χ2n) is 4.97. The molecule has 0 saturated heterocycles. The van der Waals surface area contributed by atoms with Crippen molar-refractivity contribution in [2.75, 3.05) is 0 Å². The molecule has 0 radical (unpaired) electrons. The number of aromatic nitrogens is 3. The molecular weight excluding hydrogens is 355 g/mol. The molecule has 0 unspecified atom stereocenters. The molecule has 2 aromatic heterocycles. The van der Waals surface area contributed by atoms with Gasteiger partial charge in [0.15, 0.2) is 17.3 Å². The molecule has 0 saturated carbocycles. The van der Waals surface area contributed by atoms with E-state index in [1.54, 1.807) is 0 Å². The number of aliphatic hydroxyl groups is 1. The van der Waals surface area contributed by atoms with Gasteiger partial charge in [0.2, 0.25) is 11.5 Å². The molecule has 0 spiro atoms. The molecule has 2 N–H and O–H groups in total. The summed E-state index contributed by atoms with van der Waals surface area (Å²) in [6.07, 6.45) is -1.44. The monoisotopic (exact) mass is 365 g/mol. The van der Waals surface area contributed by atoms with Crippen LogP contribution in [-0.2, 0) is 6.18 Å². The third-order valence-corrected chi connectivity index (χ3v) is 3.17. The largest absolute Gasteiger partial charge is 0.504 e. The number of aliphatic hydroxyl groups excluding tert-OH is 1. The highest BCUT2D eigenvalue weighted by atomic mass is 19.4. The van der Waals surface area contributed by atoms with Gasteiger partial charge in [-0.2, -0.15) is 18.3 Å². The lowest BCUT2D eigenvalue weighted by Crippen LogP contribution is -2.04. The van der Waals surface area contributed by atoms with E-state index in [1.165, 1.54) is 18.2 Å². The average molecular weight is 365 g/mol. The van der Waals surface area contributed by atoms with Gasteiger partial charge in [-0.25, -0.2) is 4.98 Å². The number of aromatic amines is 1. The Morgan fingerprint density at radius 3 is 2.81 bits per heavy atom. The molecule has 10 heteroatoms. The average Bonchev–Trinajstić information content (AvgIpc) is 3.26. The number of hydrogen-bond donors (Lipinski definition) is 2. The van der Waals surface area contributed by atoms with Crippen molar-refractivity contribution in [3.63, 3.8) is 0 Å². The van der Waals surface area contributed by atoms with Crippen LogP contribution in [0.2, 0.25) is 0 Å². The topological polar surface area (TPSA) is 101 Å². The number of ether oxygens (including phenoxy) is 1. The molecule has 0 fully saturated rings. The van der Waals surface area contributed by atoms with Gasteiger partial charge in [0.1, 0.15) is 12.1 Å². The quantitative estimate of drug-likeness (QED) is 0.403. The van der Waals surface area contributed by atoms with E-state index in [9.17, 15) is 23.1 Å². The van der Waals surface area contributed by atoms with Crippen molar-refractivity contribution in [2.45, 2.75) is 6.18 Å². The van der Waals surface area contributed by atoms with E-state index in [2.05, 4.69) is 15.2 Å². The van der Waals surface area contributed by atoms with E-state index in [0.29, 0.717) is 0 Å². The Kier molecular flexibility index (Phi) is 4.48. The van der Waals surface area contributed by atoms with Gasteiger partial charge >= 0.3 is 6.18 Å². The van der Waals surface area contributed by atoms with Crippen LogP contribution >= 0.6 is 0 Å². The third-order valence-electron chi connectivity index (χ3n) is 3.17. The fourth-order valence-corrected chi connectivity index (χ4v) is 2.01. The highest BCUT2D eigenvalue weighted by Gasteiger charge is 2.30. The molecule has 26 heavy (non-hydrogen) atoms. The Morgan fingerprint density at radius 1 is 1.31 bits per heavy atom. The Labute approximate surface area is 143 Å². The Hall–Kier alpha value is -3.56. The van der Waals surface area contributed by atoms with Gasteiger partial charge in [0.25, 0.3) is 0 Å². The normalized spacial score (nSPS) is 12.2. The summed E-state index contributed by atoms with van der Waals surface area (Å²) in [6.45, 7) is 0. The Balaban J connectivity index is 1.83. The predicted molar refractivity (Wildman–Crippen MR) is 81.5 cm³/mol. The summed E-state index contributed by atoms with van der Waals surface area (Å²) >= 11 is 0. The molecule has 134 valence electrons. The van der Waals surface area contributed by atoms with Crippen LogP contribution in [0, 0.1) is 0 Å². The first-order chi connectivity index (χ1) is 12.3. The lowest BCUT2D eigenvalue weighted by atomic mass is 10.2.